The Labute approximate surface area is 214 Å². The first kappa shape index (κ1) is 24.7. The van der Waals surface area contributed by atoms with Crippen molar-refractivity contribution in [2.75, 3.05) is 18.1 Å². The van der Waals surface area contributed by atoms with Crippen molar-refractivity contribution in [1.29, 1.82) is 0 Å². The van der Waals surface area contributed by atoms with Crippen LogP contribution < -0.4 is 20.1 Å². The zero-order chi connectivity index (χ0) is 27.0. The first-order valence-corrected chi connectivity index (χ1v) is 11.3. The summed E-state index contributed by atoms with van der Waals surface area (Å²) in [5.41, 5.74) is -2.83. The van der Waals surface area contributed by atoms with Crippen molar-refractivity contribution in [3.8, 4) is 17.4 Å². The highest BCUT2D eigenvalue weighted by Gasteiger charge is 2.64. The van der Waals surface area contributed by atoms with Gasteiger partial charge >= 0.3 is 11.9 Å². The number of pyridine rings is 1. The summed E-state index contributed by atoms with van der Waals surface area (Å²) in [6.45, 7) is 0.329. The molecule has 3 aliphatic rings. The molecule has 5 heterocycles. The lowest BCUT2D eigenvalue weighted by Gasteiger charge is -2.42. The Hall–Kier alpha value is -3.61. The molecule has 0 aliphatic carbocycles. The molecule has 4 radical (unpaired) electrons. The minimum atomic E-state index is -4.76. The fraction of sp³-hybridized carbons (Fsp3) is 0.348. The largest absolute Gasteiger partial charge is 0.473 e. The Bertz CT molecular complexity index is 1490. The van der Waals surface area contributed by atoms with Gasteiger partial charge in [-0.2, -0.15) is 18.2 Å². The summed E-state index contributed by atoms with van der Waals surface area (Å²) < 4.78 is 85.3. The van der Waals surface area contributed by atoms with E-state index in [1.54, 1.807) is 0 Å². The van der Waals surface area contributed by atoms with E-state index in [9.17, 15) is 26.7 Å². The molecule has 2 aromatic heterocycles. The molecule has 2 bridgehead atoms. The standard InChI is InChI=1S/C23H15B2F5N4O4/c24-23(25)21-7-13(37-10-21)8-33(21)18-6-17(32-20(35)34(18)23)36-9-11-3-14(26)19(15(27)4-11)38-12-1-2-31-16(5-12)22(28,29)30/h1-6,13H,7-10H2/t13-,21-/m0/s1. The number of rotatable bonds is 5. The van der Waals surface area contributed by atoms with Crippen molar-refractivity contribution in [3.05, 3.63) is 69.9 Å². The average Bonchev–Trinajstić information content (AvgIpc) is 3.49. The summed E-state index contributed by atoms with van der Waals surface area (Å²) in [5, 5.41) is -1.56. The van der Waals surface area contributed by atoms with Crippen LogP contribution in [0, 0.1) is 11.6 Å². The van der Waals surface area contributed by atoms with Crippen LogP contribution in [0.4, 0.5) is 27.8 Å². The van der Waals surface area contributed by atoms with E-state index in [1.165, 1.54) is 10.6 Å². The van der Waals surface area contributed by atoms with Crippen LogP contribution in [0.25, 0.3) is 0 Å². The Morgan fingerprint density at radius 2 is 1.89 bits per heavy atom. The molecule has 15 heteroatoms. The number of fused-ring (bicyclic) bond motifs is 3. The van der Waals surface area contributed by atoms with Crippen LogP contribution in [0.2, 0.25) is 0 Å². The average molecular weight is 528 g/mol. The van der Waals surface area contributed by atoms with E-state index in [-0.39, 0.29) is 30.8 Å². The molecule has 3 aromatic rings. The molecule has 0 N–H and O–H groups in total. The lowest BCUT2D eigenvalue weighted by Crippen LogP contribution is -2.61. The second-order valence-corrected chi connectivity index (χ2v) is 9.33. The van der Waals surface area contributed by atoms with Crippen LogP contribution in [0.5, 0.6) is 17.4 Å². The van der Waals surface area contributed by atoms with E-state index in [0.29, 0.717) is 24.8 Å². The lowest BCUT2D eigenvalue weighted by atomic mass is 9.51. The normalized spacial score (nSPS) is 22.9. The highest BCUT2D eigenvalue weighted by Crippen LogP contribution is 2.53. The quantitative estimate of drug-likeness (QED) is 0.373. The highest BCUT2D eigenvalue weighted by atomic mass is 19.4. The summed E-state index contributed by atoms with van der Waals surface area (Å²) in [5.74, 6) is -3.43. The van der Waals surface area contributed by atoms with E-state index in [0.717, 1.165) is 24.4 Å². The van der Waals surface area contributed by atoms with E-state index in [2.05, 4.69) is 9.97 Å². The second-order valence-electron chi connectivity index (χ2n) is 9.33. The molecule has 2 atom stereocenters. The van der Waals surface area contributed by atoms with Gasteiger partial charge in [-0.1, -0.05) is 0 Å². The third kappa shape index (κ3) is 3.66. The van der Waals surface area contributed by atoms with Crippen molar-refractivity contribution in [1.82, 2.24) is 14.5 Å². The number of benzene rings is 1. The van der Waals surface area contributed by atoms with E-state index in [4.69, 9.17) is 29.9 Å². The Morgan fingerprint density at radius 1 is 1.16 bits per heavy atom. The van der Waals surface area contributed by atoms with Gasteiger partial charge in [-0.05, 0) is 29.1 Å². The summed E-state index contributed by atoms with van der Waals surface area (Å²) in [7, 11) is 12.8. The zero-order valence-electron chi connectivity index (χ0n) is 19.3. The minimum Gasteiger partial charge on any atom is -0.473 e. The maximum Gasteiger partial charge on any atom is 0.433 e. The minimum absolute atomic E-state index is 0.0116. The van der Waals surface area contributed by atoms with Crippen LogP contribution in [-0.2, 0) is 22.9 Å². The number of nitrogens with zero attached hydrogens (tertiary/aromatic N) is 4. The van der Waals surface area contributed by atoms with Crippen LogP contribution in [0.3, 0.4) is 0 Å². The Balaban J connectivity index is 1.22. The second kappa shape index (κ2) is 8.19. The van der Waals surface area contributed by atoms with Crippen LogP contribution in [0.15, 0.2) is 41.3 Å². The van der Waals surface area contributed by atoms with E-state index >= 15 is 0 Å². The molecule has 3 aliphatic heterocycles. The predicted octanol–water partition coefficient (Wildman–Crippen LogP) is 2.62. The molecule has 0 unspecified atom stereocenters. The number of anilines is 1. The number of alkyl halides is 3. The third-order valence-electron chi connectivity index (χ3n) is 6.98. The number of morpholine rings is 1. The third-order valence-corrected chi connectivity index (χ3v) is 6.98. The van der Waals surface area contributed by atoms with Gasteiger partial charge in [-0.15, -0.1) is 0 Å². The maximum absolute atomic E-state index is 14.6. The molecule has 2 saturated heterocycles. The first-order valence-electron chi connectivity index (χ1n) is 11.3. The smallest absolute Gasteiger partial charge is 0.433 e. The molecule has 192 valence electrons. The summed E-state index contributed by atoms with van der Waals surface area (Å²) in [6.07, 6.45) is -3.49. The van der Waals surface area contributed by atoms with Crippen molar-refractivity contribution in [3.63, 3.8) is 0 Å². The summed E-state index contributed by atoms with van der Waals surface area (Å²) in [6, 6.07) is 4.80. The van der Waals surface area contributed by atoms with Crippen molar-refractivity contribution >= 4 is 21.5 Å². The molecule has 1 spiro atoms. The van der Waals surface area contributed by atoms with Gasteiger partial charge in [0.15, 0.2) is 17.4 Å². The maximum atomic E-state index is 14.6. The lowest BCUT2D eigenvalue weighted by molar-refractivity contribution is -0.141. The van der Waals surface area contributed by atoms with E-state index in [1.807, 2.05) is 4.90 Å². The van der Waals surface area contributed by atoms with Crippen LogP contribution in [0.1, 0.15) is 17.7 Å². The molecular formula is C23H15B2F5N4O4. The van der Waals surface area contributed by atoms with Gasteiger partial charge in [0.25, 0.3) is 0 Å². The molecular weight excluding hydrogens is 513 g/mol. The molecule has 1 aromatic carbocycles. The number of aromatic nitrogens is 3. The first-order chi connectivity index (χ1) is 17.9. The van der Waals surface area contributed by atoms with Gasteiger partial charge in [0, 0.05) is 31.3 Å². The molecule has 0 amide bonds. The SMILES string of the molecule is [B]C1([B])n2c(cc(OCc3cc(F)c(Oc4ccnc(C(F)(F)F)c4)c(F)c3)nc2=O)N2C[C@@H]3C[C@@]21CO3. The molecule has 38 heavy (non-hydrogen) atoms. The van der Waals surface area contributed by atoms with Crippen molar-refractivity contribution in [2.24, 2.45) is 0 Å². The number of hydrogen-bond donors (Lipinski definition) is 0. The predicted molar refractivity (Wildman–Crippen MR) is 122 cm³/mol. The van der Waals surface area contributed by atoms with Gasteiger partial charge < -0.3 is 19.1 Å². The number of halogens is 5. The van der Waals surface area contributed by atoms with Gasteiger partial charge in [0.05, 0.1) is 33.9 Å². The summed E-state index contributed by atoms with van der Waals surface area (Å²) >= 11 is 0. The topological polar surface area (TPSA) is 78.7 Å². The van der Waals surface area contributed by atoms with Gasteiger partial charge in [0.1, 0.15) is 23.9 Å². The van der Waals surface area contributed by atoms with Gasteiger partial charge in [0.2, 0.25) is 5.88 Å². The van der Waals surface area contributed by atoms with Crippen molar-refractivity contribution in [2.45, 2.75) is 36.2 Å². The molecule has 8 nitrogen and oxygen atoms in total. The molecule has 2 fully saturated rings. The Morgan fingerprint density at radius 3 is 2.58 bits per heavy atom. The highest BCUT2D eigenvalue weighted by molar-refractivity contribution is 6.40. The van der Waals surface area contributed by atoms with E-state index < -0.39 is 51.6 Å². The van der Waals surface area contributed by atoms with Crippen LogP contribution >= 0.6 is 0 Å². The van der Waals surface area contributed by atoms with Gasteiger partial charge in [-0.3, -0.25) is 9.55 Å². The fourth-order valence-electron chi connectivity index (χ4n) is 5.22. The monoisotopic (exact) mass is 528 g/mol. The summed E-state index contributed by atoms with van der Waals surface area (Å²) in [4.78, 5) is 21.7. The fourth-order valence-corrected chi connectivity index (χ4v) is 5.22. The van der Waals surface area contributed by atoms with Gasteiger partial charge in [-0.25, -0.2) is 13.6 Å². The molecule has 6 rings (SSSR count). The van der Waals surface area contributed by atoms with Crippen molar-refractivity contribution < 1.29 is 36.2 Å². The number of ether oxygens (including phenoxy) is 3. The Kier molecular flexibility index (Phi) is 5.33. The zero-order valence-corrected chi connectivity index (χ0v) is 19.3. The number of hydrogen-bond acceptors (Lipinski definition) is 7. The van der Waals surface area contributed by atoms with Crippen LogP contribution in [-0.4, -0.2) is 55.0 Å². The molecule has 0 saturated carbocycles.